The minimum absolute atomic E-state index is 0.701. The maximum atomic E-state index is 5.14. The molecule has 0 bridgehead atoms. The molecule has 0 amide bonds. The van der Waals surface area contributed by atoms with Gasteiger partial charge in [-0.1, -0.05) is 0 Å². The van der Waals surface area contributed by atoms with Gasteiger partial charge >= 0.3 is 0 Å². The van der Waals surface area contributed by atoms with Gasteiger partial charge in [-0.05, 0) is 24.3 Å². The molecule has 0 fully saturated rings. The summed E-state index contributed by atoms with van der Waals surface area (Å²) in [7, 11) is 3.48. The monoisotopic (exact) mass is 269 g/mol. The Kier molecular flexibility index (Phi) is 3.12. The zero-order chi connectivity index (χ0) is 13.9. The highest BCUT2D eigenvalue weighted by Gasteiger charge is 2.07. The maximum Gasteiger partial charge on any atom is 0.180 e. The molecule has 0 aliphatic rings. The van der Waals surface area contributed by atoms with Crippen molar-refractivity contribution in [2.24, 2.45) is 0 Å². The van der Waals surface area contributed by atoms with Crippen LogP contribution < -0.4 is 15.4 Å². The van der Waals surface area contributed by atoms with Crippen molar-refractivity contribution in [2.75, 3.05) is 24.8 Å². The lowest BCUT2D eigenvalue weighted by atomic mass is 10.3. The second-order valence-electron chi connectivity index (χ2n) is 4.24. The average molecular weight is 269 g/mol. The maximum absolute atomic E-state index is 5.14. The minimum Gasteiger partial charge on any atom is -0.497 e. The number of hydrogen-bond acceptors (Lipinski definition) is 5. The van der Waals surface area contributed by atoms with E-state index in [-0.39, 0.29) is 0 Å². The molecule has 6 heteroatoms. The van der Waals surface area contributed by atoms with Crippen molar-refractivity contribution in [3.8, 4) is 5.75 Å². The average Bonchev–Trinajstić information content (AvgIpc) is 2.96. The van der Waals surface area contributed by atoms with Crippen LogP contribution in [0.15, 0.2) is 42.9 Å². The number of hydrogen-bond donors (Lipinski definition) is 2. The molecule has 2 aromatic heterocycles. The highest BCUT2D eigenvalue weighted by Crippen LogP contribution is 2.22. The van der Waals surface area contributed by atoms with E-state index in [1.165, 1.54) is 0 Å². The van der Waals surface area contributed by atoms with Crippen molar-refractivity contribution in [2.45, 2.75) is 0 Å². The number of nitrogens with one attached hydrogen (secondary N) is 2. The molecule has 0 unspecified atom stereocenters. The number of nitrogens with zero attached hydrogens (tertiary/aromatic N) is 3. The van der Waals surface area contributed by atoms with Crippen LogP contribution in [0.5, 0.6) is 5.75 Å². The number of benzene rings is 1. The lowest BCUT2D eigenvalue weighted by molar-refractivity contribution is 0.415. The quantitative estimate of drug-likeness (QED) is 0.762. The summed E-state index contributed by atoms with van der Waals surface area (Å²) >= 11 is 0. The number of aromatic nitrogens is 3. The molecule has 0 spiro atoms. The summed E-state index contributed by atoms with van der Waals surface area (Å²) in [4.78, 5) is 8.80. The van der Waals surface area contributed by atoms with Crippen LogP contribution in [0, 0.1) is 0 Å². The molecule has 0 saturated heterocycles. The predicted molar refractivity (Wildman–Crippen MR) is 78.8 cm³/mol. The molecule has 3 rings (SSSR count). The van der Waals surface area contributed by atoms with Crippen LogP contribution >= 0.6 is 0 Å². The van der Waals surface area contributed by atoms with Crippen LogP contribution in [-0.4, -0.2) is 28.5 Å². The Hall–Kier alpha value is -2.76. The van der Waals surface area contributed by atoms with E-state index in [1.807, 2.05) is 48.1 Å². The standard InChI is InChI=1S/C14H15N5O/c1-15-12-9-19-8-7-16-14(19)13(18-12)17-10-3-5-11(20-2)6-4-10/h3-9,15H,1-2H3,(H,17,18). The fraction of sp³-hybridized carbons (Fsp3) is 0.143. The van der Waals surface area contributed by atoms with Crippen molar-refractivity contribution in [3.05, 3.63) is 42.9 Å². The first kappa shape index (κ1) is 12.3. The Labute approximate surface area is 116 Å². The molecule has 3 aromatic rings. The molecular formula is C14H15N5O. The summed E-state index contributed by atoms with van der Waals surface area (Å²) in [6, 6.07) is 7.66. The summed E-state index contributed by atoms with van der Waals surface area (Å²) in [5, 5.41) is 6.30. The number of ether oxygens (including phenoxy) is 1. The van der Waals surface area contributed by atoms with Crippen LogP contribution in [0.4, 0.5) is 17.3 Å². The Balaban J connectivity index is 1.98. The van der Waals surface area contributed by atoms with E-state index in [0.29, 0.717) is 5.82 Å². The minimum atomic E-state index is 0.701. The van der Waals surface area contributed by atoms with Crippen LogP contribution in [-0.2, 0) is 0 Å². The number of imidazole rings is 1. The third-order valence-corrected chi connectivity index (χ3v) is 2.98. The largest absolute Gasteiger partial charge is 0.497 e. The molecular weight excluding hydrogens is 254 g/mol. The van der Waals surface area contributed by atoms with Crippen molar-refractivity contribution in [1.29, 1.82) is 0 Å². The first-order valence-corrected chi connectivity index (χ1v) is 6.22. The molecule has 0 atom stereocenters. The van der Waals surface area contributed by atoms with Gasteiger partial charge in [0.25, 0.3) is 0 Å². The van der Waals surface area contributed by atoms with Gasteiger partial charge in [0.2, 0.25) is 0 Å². The van der Waals surface area contributed by atoms with Gasteiger partial charge in [0.1, 0.15) is 11.6 Å². The fourth-order valence-corrected chi connectivity index (χ4v) is 1.95. The van der Waals surface area contributed by atoms with E-state index in [4.69, 9.17) is 4.74 Å². The third kappa shape index (κ3) is 2.23. The molecule has 0 aliphatic carbocycles. The molecule has 6 nitrogen and oxygen atoms in total. The Morgan fingerprint density at radius 3 is 2.70 bits per heavy atom. The molecule has 2 N–H and O–H groups in total. The first-order chi connectivity index (χ1) is 9.80. The summed E-state index contributed by atoms with van der Waals surface area (Å²) in [5.74, 6) is 2.29. The second-order valence-corrected chi connectivity index (χ2v) is 4.24. The highest BCUT2D eigenvalue weighted by molar-refractivity contribution is 5.71. The number of methoxy groups -OCH3 is 1. The number of fused-ring (bicyclic) bond motifs is 1. The van der Waals surface area contributed by atoms with Gasteiger partial charge in [0, 0.05) is 25.1 Å². The molecule has 1 aromatic carbocycles. The number of anilines is 3. The van der Waals surface area contributed by atoms with E-state index in [9.17, 15) is 0 Å². The Bertz CT molecular complexity index is 720. The molecule has 102 valence electrons. The summed E-state index contributed by atoms with van der Waals surface area (Å²) < 4.78 is 7.07. The van der Waals surface area contributed by atoms with Gasteiger partial charge in [0.05, 0.1) is 13.3 Å². The van der Waals surface area contributed by atoms with E-state index >= 15 is 0 Å². The zero-order valence-corrected chi connectivity index (χ0v) is 11.3. The van der Waals surface area contributed by atoms with Crippen LogP contribution in [0.2, 0.25) is 0 Å². The van der Waals surface area contributed by atoms with Crippen LogP contribution in [0.1, 0.15) is 0 Å². The molecule has 20 heavy (non-hydrogen) atoms. The van der Waals surface area contributed by atoms with E-state index in [0.717, 1.165) is 22.9 Å². The van der Waals surface area contributed by atoms with Gasteiger partial charge in [-0.2, -0.15) is 0 Å². The van der Waals surface area contributed by atoms with Gasteiger partial charge < -0.3 is 19.8 Å². The van der Waals surface area contributed by atoms with Gasteiger partial charge in [0.15, 0.2) is 11.5 Å². The molecule has 0 aliphatic heterocycles. The van der Waals surface area contributed by atoms with Crippen LogP contribution in [0.25, 0.3) is 5.65 Å². The van der Waals surface area contributed by atoms with Gasteiger partial charge in [-0.3, -0.25) is 0 Å². The summed E-state index contributed by atoms with van der Waals surface area (Å²) in [6.45, 7) is 0. The lowest BCUT2D eigenvalue weighted by Gasteiger charge is -2.09. The smallest absolute Gasteiger partial charge is 0.180 e. The third-order valence-electron chi connectivity index (χ3n) is 2.98. The van der Waals surface area contributed by atoms with Crippen molar-refractivity contribution in [1.82, 2.24) is 14.4 Å². The lowest BCUT2D eigenvalue weighted by Crippen LogP contribution is -2.02. The normalized spacial score (nSPS) is 10.5. The first-order valence-electron chi connectivity index (χ1n) is 6.22. The Morgan fingerprint density at radius 2 is 2.00 bits per heavy atom. The van der Waals surface area contributed by atoms with Crippen LogP contribution in [0.3, 0.4) is 0 Å². The van der Waals surface area contributed by atoms with E-state index < -0.39 is 0 Å². The van der Waals surface area contributed by atoms with Gasteiger partial charge in [-0.25, -0.2) is 9.97 Å². The zero-order valence-electron chi connectivity index (χ0n) is 11.3. The van der Waals surface area contributed by atoms with Crippen molar-refractivity contribution >= 4 is 23.0 Å². The molecule has 2 heterocycles. The summed E-state index contributed by atoms with van der Waals surface area (Å²) in [5.41, 5.74) is 1.70. The highest BCUT2D eigenvalue weighted by atomic mass is 16.5. The fourth-order valence-electron chi connectivity index (χ4n) is 1.95. The Morgan fingerprint density at radius 1 is 1.20 bits per heavy atom. The second kappa shape index (κ2) is 5.08. The van der Waals surface area contributed by atoms with Crippen molar-refractivity contribution < 1.29 is 4.74 Å². The van der Waals surface area contributed by atoms with Gasteiger partial charge in [-0.15, -0.1) is 0 Å². The SMILES string of the molecule is CNc1cn2ccnc2c(Nc2ccc(OC)cc2)n1. The predicted octanol–water partition coefficient (Wildman–Crippen LogP) is 2.52. The topological polar surface area (TPSA) is 63.5 Å². The molecule has 0 saturated carbocycles. The van der Waals surface area contributed by atoms with E-state index in [2.05, 4.69) is 20.6 Å². The summed E-state index contributed by atoms with van der Waals surface area (Å²) in [6.07, 6.45) is 5.52. The van der Waals surface area contributed by atoms with Crippen molar-refractivity contribution in [3.63, 3.8) is 0 Å². The number of rotatable bonds is 4. The molecule has 0 radical (unpaired) electrons. The van der Waals surface area contributed by atoms with E-state index in [1.54, 1.807) is 13.3 Å².